The van der Waals surface area contributed by atoms with Crippen molar-refractivity contribution in [3.8, 4) is 0 Å². The molecule has 0 heterocycles. The number of benzene rings is 2. The molecule has 0 saturated heterocycles. The third-order valence-electron chi connectivity index (χ3n) is 4.04. The van der Waals surface area contributed by atoms with Crippen LogP contribution in [0.2, 0.25) is 0 Å². The molecule has 0 unspecified atom stereocenters. The molecule has 0 saturated carbocycles. The molecule has 0 aromatic heterocycles. The summed E-state index contributed by atoms with van der Waals surface area (Å²) in [7, 11) is -0.658. The molecule has 2 aromatic rings. The van der Waals surface area contributed by atoms with Crippen molar-refractivity contribution in [3.05, 3.63) is 59.2 Å². The third kappa shape index (κ3) is 4.27. The van der Waals surface area contributed by atoms with E-state index in [1.54, 1.807) is 19.1 Å². The summed E-state index contributed by atoms with van der Waals surface area (Å²) in [5, 5.41) is 2.80. The molecule has 134 valence electrons. The Hall–Kier alpha value is -2.18. The van der Waals surface area contributed by atoms with Crippen LogP contribution in [0.5, 0.6) is 0 Å². The van der Waals surface area contributed by atoms with Crippen LogP contribution >= 0.6 is 0 Å². The average Bonchev–Trinajstić information content (AvgIpc) is 2.55. The number of aryl methyl sites for hydroxylation is 1. The van der Waals surface area contributed by atoms with E-state index in [9.17, 15) is 13.2 Å². The van der Waals surface area contributed by atoms with Gasteiger partial charge in [0.1, 0.15) is 0 Å². The predicted molar refractivity (Wildman–Crippen MR) is 101 cm³/mol. The van der Waals surface area contributed by atoms with Gasteiger partial charge in [0.05, 0.1) is 4.90 Å². The topological polar surface area (TPSA) is 66.5 Å². The number of carbonyl (C=O) groups excluding carboxylic acids is 1. The van der Waals surface area contributed by atoms with Crippen molar-refractivity contribution in [2.24, 2.45) is 0 Å². The summed E-state index contributed by atoms with van der Waals surface area (Å²) in [6.07, 6.45) is 0. The fourth-order valence-electron chi connectivity index (χ4n) is 2.37. The molecule has 0 bridgehead atoms. The van der Waals surface area contributed by atoms with Gasteiger partial charge in [0, 0.05) is 25.3 Å². The summed E-state index contributed by atoms with van der Waals surface area (Å²) in [5.41, 5.74) is 2.77. The van der Waals surface area contributed by atoms with Crippen molar-refractivity contribution < 1.29 is 13.2 Å². The molecule has 2 rings (SSSR count). The highest BCUT2D eigenvalue weighted by Gasteiger charge is 2.21. The summed E-state index contributed by atoms with van der Waals surface area (Å²) >= 11 is 0. The standard InChI is InChI=1S/C19H24N2O3S/c1-13(2)15-8-10-17(11-9-15)20-19(22)16-7-6-14(3)18(12-16)25(23,24)21(4)5/h6-13H,1-5H3,(H,20,22). The van der Waals surface area contributed by atoms with Crippen molar-refractivity contribution >= 4 is 21.6 Å². The largest absolute Gasteiger partial charge is 0.322 e. The predicted octanol–water partition coefficient (Wildman–Crippen LogP) is 3.62. The molecule has 0 fully saturated rings. The molecule has 0 radical (unpaired) electrons. The first kappa shape index (κ1) is 19.1. The normalized spacial score (nSPS) is 11.8. The molecule has 0 spiro atoms. The fraction of sp³-hybridized carbons (Fsp3) is 0.316. The first-order valence-corrected chi connectivity index (χ1v) is 9.51. The monoisotopic (exact) mass is 360 g/mol. The highest BCUT2D eigenvalue weighted by atomic mass is 32.2. The SMILES string of the molecule is Cc1ccc(C(=O)Nc2ccc(C(C)C)cc2)cc1S(=O)(=O)N(C)C. The van der Waals surface area contributed by atoms with Gasteiger partial charge in [-0.25, -0.2) is 12.7 Å². The second kappa shape index (κ2) is 7.37. The van der Waals surface area contributed by atoms with E-state index < -0.39 is 10.0 Å². The Morgan fingerprint density at radius 2 is 1.64 bits per heavy atom. The third-order valence-corrected chi connectivity index (χ3v) is 6.00. The van der Waals surface area contributed by atoms with Crippen LogP contribution in [0.15, 0.2) is 47.4 Å². The van der Waals surface area contributed by atoms with E-state index in [2.05, 4.69) is 19.2 Å². The Balaban J connectivity index is 2.28. The number of sulfonamides is 1. The minimum atomic E-state index is -3.60. The molecule has 0 aliphatic rings. The first-order chi connectivity index (χ1) is 11.6. The number of hydrogen-bond donors (Lipinski definition) is 1. The Kier molecular flexibility index (Phi) is 5.65. The van der Waals surface area contributed by atoms with Crippen LogP contribution in [0.3, 0.4) is 0 Å². The Bertz CT molecular complexity index is 870. The maximum absolute atomic E-state index is 12.5. The van der Waals surface area contributed by atoms with E-state index in [-0.39, 0.29) is 10.8 Å². The van der Waals surface area contributed by atoms with E-state index in [0.717, 1.165) is 4.31 Å². The first-order valence-electron chi connectivity index (χ1n) is 8.07. The number of anilines is 1. The minimum Gasteiger partial charge on any atom is -0.322 e. The number of rotatable bonds is 5. The lowest BCUT2D eigenvalue weighted by Crippen LogP contribution is -2.23. The zero-order chi connectivity index (χ0) is 18.8. The second-order valence-corrected chi connectivity index (χ2v) is 8.62. The van der Waals surface area contributed by atoms with Gasteiger partial charge in [-0.05, 0) is 48.2 Å². The van der Waals surface area contributed by atoms with Crippen LogP contribution in [0.4, 0.5) is 5.69 Å². The lowest BCUT2D eigenvalue weighted by molar-refractivity contribution is 0.102. The van der Waals surface area contributed by atoms with E-state index in [4.69, 9.17) is 0 Å². The molecule has 1 amide bonds. The van der Waals surface area contributed by atoms with Crippen molar-refractivity contribution in [2.45, 2.75) is 31.6 Å². The quantitative estimate of drug-likeness (QED) is 0.885. The van der Waals surface area contributed by atoms with Crippen LogP contribution in [0.1, 0.15) is 41.3 Å². The smallest absolute Gasteiger partial charge is 0.255 e. The Labute approximate surface area is 149 Å². The summed E-state index contributed by atoms with van der Waals surface area (Å²) in [6.45, 7) is 5.92. The van der Waals surface area contributed by atoms with Crippen LogP contribution in [0, 0.1) is 6.92 Å². The minimum absolute atomic E-state index is 0.139. The van der Waals surface area contributed by atoms with Gasteiger partial charge in [0.15, 0.2) is 0 Å². The van der Waals surface area contributed by atoms with Gasteiger partial charge in [-0.15, -0.1) is 0 Å². The van der Waals surface area contributed by atoms with Gasteiger partial charge >= 0.3 is 0 Å². The average molecular weight is 360 g/mol. The molecule has 6 heteroatoms. The van der Waals surface area contributed by atoms with Gasteiger partial charge in [-0.1, -0.05) is 32.0 Å². The summed E-state index contributed by atoms with van der Waals surface area (Å²) in [5.74, 6) is 0.0770. The fourth-order valence-corrected chi connectivity index (χ4v) is 3.51. The summed E-state index contributed by atoms with van der Waals surface area (Å²) in [6, 6.07) is 12.3. The van der Waals surface area contributed by atoms with Gasteiger partial charge in [0.2, 0.25) is 10.0 Å². The van der Waals surface area contributed by atoms with Gasteiger partial charge in [0.25, 0.3) is 5.91 Å². The molecule has 25 heavy (non-hydrogen) atoms. The Morgan fingerprint density at radius 1 is 1.04 bits per heavy atom. The lowest BCUT2D eigenvalue weighted by atomic mass is 10.0. The molecule has 0 aliphatic heterocycles. The summed E-state index contributed by atoms with van der Waals surface area (Å²) < 4.78 is 25.9. The van der Waals surface area contributed by atoms with E-state index in [0.29, 0.717) is 22.7 Å². The highest BCUT2D eigenvalue weighted by molar-refractivity contribution is 7.89. The van der Waals surface area contributed by atoms with Crippen molar-refractivity contribution in [3.63, 3.8) is 0 Å². The highest BCUT2D eigenvalue weighted by Crippen LogP contribution is 2.21. The maximum atomic E-state index is 12.5. The van der Waals surface area contributed by atoms with Crippen LogP contribution < -0.4 is 5.32 Å². The number of amides is 1. The van der Waals surface area contributed by atoms with Gasteiger partial charge in [-0.2, -0.15) is 0 Å². The maximum Gasteiger partial charge on any atom is 0.255 e. The van der Waals surface area contributed by atoms with Crippen LogP contribution in [-0.4, -0.2) is 32.7 Å². The van der Waals surface area contributed by atoms with Crippen molar-refractivity contribution in [1.29, 1.82) is 0 Å². The number of nitrogens with zero attached hydrogens (tertiary/aromatic N) is 1. The number of nitrogens with one attached hydrogen (secondary N) is 1. The molecular formula is C19H24N2O3S. The lowest BCUT2D eigenvalue weighted by Gasteiger charge is -2.15. The van der Waals surface area contributed by atoms with Crippen LogP contribution in [0.25, 0.3) is 0 Å². The Morgan fingerprint density at radius 3 is 2.16 bits per heavy atom. The second-order valence-electron chi connectivity index (χ2n) is 6.50. The van der Waals surface area contributed by atoms with Crippen LogP contribution in [-0.2, 0) is 10.0 Å². The zero-order valence-electron chi connectivity index (χ0n) is 15.2. The van der Waals surface area contributed by atoms with E-state index in [1.807, 2.05) is 24.3 Å². The van der Waals surface area contributed by atoms with Crippen molar-refractivity contribution in [1.82, 2.24) is 4.31 Å². The van der Waals surface area contributed by atoms with E-state index >= 15 is 0 Å². The molecule has 0 aliphatic carbocycles. The summed E-state index contributed by atoms with van der Waals surface area (Å²) in [4.78, 5) is 12.6. The zero-order valence-corrected chi connectivity index (χ0v) is 16.0. The molecular weight excluding hydrogens is 336 g/mol. The molecule has 0 atom stereocenters. The van der Waals surface area contributed by atoms with Crippen molar-refractivity contribution in [2.75, 3.05) is 19.4 Å². The molecule has 1 N–H and O–H groups in total. The molecule has 5 nitrogen and oxygen atoms in total. The number of carbonyl (C=O) groups is 1. The van der Waals surface area contributed by atoms with E-state index in [1.165, 1.54) is 25.7 Å². The van der Waals surface area contributed by atoms with Gasteiger partial charge in [-0.3, -0.25) is 4.79 Å². The number of hydrogen-bond acceptors (Lipinski definition) is 3. The van der Waals surface area contributed by atoms with Gasteiger partial charge < -0.3 is 5.32 Å². The molecule has 2 aromatic carbocycles.